The number of allylic oxidation sites excluding steroid dienone is 14. The summed E-state index contributed by atoms with van der Waals surface area (Å²) in [6.45, 7) is 3.62. The van der Waals surface area contributed by atoms with Gasteiger partial charge in [0.05, 0.1) is 6.61 Å². The molecule has 0 aliphatic carbocycles. The number of carbonyl (C=O) groups is 3. The van der Waals surface area contributed by atoms with Gasteiger partial charge in [0.25, 0.3) is 0 Å². The Labute approximate surface area is 373 Å². The van der Waals surface area contributed by atoms with Crippen LogP contribution in [-0.4, -0.2) is 88.4 Å². The van der Waals surface area contributed by atoms with Gasteiger partial charge in [-0.3, -0.25) is 9.59 Å². The predicted octanol–water partition coefficient (Wildman–Crippen LogP) is 10.6. The number of hydrogen-bond acceptors (Lipinski definition) is 10. The molecule has 0 bridgehead atoms. The molecule has 0 aromatic heterocycles. The number of hydrogen-bond donors (Lipinski definition) is 4. The first kappa shape index (κ1) is 56.4. The summed E-state index contributed by atoms with van der Waals surface area (Å²) in [4.78, 5) is 36.9. The van der Waals surface area contributed by atoms with E-state index in [4.69, 9.17) is 18.9 Å². The number of carboxylic acids is 1. The van der Waals surface area contributed by atoms with Crippen LogP contribution in [0, 0.1) is 0 Å². The maximum atomic E-state index is 12.8. The van der Waals surface area contributed by atoms with Gasteiger partial charge in [0.2, 0.25) is 0 Å². The molecule has 0 amide bonds. The Bertz CT molecular complexity index is 1350. The molecular weight excluding hydrogens is 789 g/mol. The summed E-state index contributed by atoms with van der Waals surface area (Å²) in [6, 6.07) is 0. The Morgan fingerprint density at radius 1 is 0.516 bits per heavy atom. The number of aliphatic hydroxyl groups is 3. The third kappa shape index (κ3) is 31.3. The van der Waals surface area contributed by atoms with Crippen molar-refractivity contribution in [1.82, 2.24) is 0 Å². The Balaban J connectivity index is 2.41. The molecule has 11 nitrogen and oxygen atoms in total. The van der Waals surface area contributed by atoms with E-state index in [1.807, 2.05) is 12.2 Å². The van der Waals surface area contributed by atoms with E-state index in [-0.39, 0.29) is 19.4 Å². The molecule has 11 heteroatoms. The molecule has 0 spiro atoms. The molecule has 62 heavy (non-hydrogen) atoms. The largest absolute Gasteiger partial charge is 0.479 e. The number of ether oxygens (including phenoxy) is 4. The predicted molar refractivity (Wildman–Crippen MR) is 247 cm³/mol. The molecule has 1 fully saturated rings. The van der Waals surface area contributed by atoms with Gasteiger partial charge in [-0.1, -0.05) is 163 Å². The van der Waals surface area contributed by atoms with E-state index in [2.05, 4.69) is 86.8 Å². The number of carbonyl (C=O) groups excluding carboxylic acids is 2. The van der Waals surface area contributed by atoms with Crippen LogP contribution in [-0.2, 0) is 33.3 Å². The van der Waals surface area contributed by atoms with Gasteiger partial charge in [-0.25, -0.2) is 4.79 Å². The first-order valence-electron chi connectivity index (χ1n) is 23.6. The molecule has 1 heterocycles. The van der Waals surface area contributed by atoms with Crippen molar-refractivity contribution < 1.29 is 53.8 Å². The molecule has 0 saturated carbocycles. The minimum absolute atomic E-state index is 0.106. The fourth-order valence-corrected chi connectivity index (χ4v) is 6.55. The van der Waals surface area contributed by atoms with E-state index in [0.29, 0.717) is 12.8 Å². The topological polar surface area (TPSA) is 169 Å². The highest BCUT2D eigenvalue weighted by molar-refractivity contribution is 5.73. The number of aliphatic carboxylic acids is 1. The van der Waals surface area contributed by atoms with E-state index < -0.39 is 61.3 Å². The average Bonchev–Trinajstić information content (AvgIpc) is 3.26. The summed E-state index contributed by atoms with van der Waals surface area (Å²) in [6.07, 6.45) is 43.6. The number of rotatable bonds is 38. The molecule has 0 radical (unpaired) electrons. The van der Waals surface area contributed by atoms with Gasteiger partial charge in [-0.2, -0.15) is 0 Å². The van der Waals surface area contributed by atoms with Crippen LogP contribution in [0.2, 0.25) is 0 Å². The lowest BCUT2D eigenvalue weighted by molar-refractivity contribution is -0.298. The summed E-state index contributed by atoms with van der Waals surface area (Å²) in [5.74, 6) is -2.57. The summed E-state index contributed by atoms with van der Waals surface area (Å²) in [5.41, 5.74) is 0. The molecule has 6 unspecified atom stereocenters. The second kappa shape index (κ2) is 40.2. The fraction of sp³-hybridized carbons (Fsp3) is 0.667. The third-order valence-electron chi connectivity index (χ3n) is 10.2. The van der Waals surface area contributed by atoms with Gasteiger partial charge in [-0.05, 0) is 77.0 Å². The van der Waals surface area contributed by atoms with Gasteiger partial charge in [-0.15, -0.1) is 0 Å². The maximum absolute atomic E-state index is 12.8. The van der Waals surface area contributed by atoms with Crippen LogP contribution < -0.4 is 0 Å². The van der Waals surface area contributed by atoms with Crippen LogP contribution in [0.1, 0.15) is 168 Å². The lowest BCUT2D eigenvalue weighted by Gasteiger charge is -2.38. The van der Waals surface area contributed by atoms with E-state index in [9.17, 15) is 34.8 Å². The number of aliphatic hydroxyl groups excluding tert-OH is 3. The maximum Gasteiger partial charge on any atom is 0.335 e. The van der Waals surface area contributed by atoms with Crippen LogP contribution in [0.5, 0.6) is 0 Å². The van der Waals surface area contributed by atoms with Gasteiger partial charge in [0.1, 0.15) is 24.9 Å². The number of carboxylic acid groups (broad SMARTS) is 1. The minimum atomic E-state index is -1.88. The van der Waals surface area contributed by atoms with Crippen molar-refractivity contribution in [3.63, 3.8) is 0 Å². The first-order chi connectivity index (χ1) is 30.2. The quantitative estimate of drug-likeness (QED) is 0.0265. The van der Waals surface area contributed by atoms with E-state index in [1.54, 1.807) is 0 Å². The van der Waals surface area contributed by atoms with Gasteiger partial charge in [0.15, 0.2) is 18.5 Å². The lowest BCUT2D eigenvalue weighted by Crippen LogP contribution is -2.60. The van der Waals surface area contributed by atoms with Crippen molar-refractivity contribution in [3.05, 3.63) is 85.1 Å². The molecule has 0 aromatic rings. The molecule has 1 aliphatic rings. The van der Waals surface area contributed by atoms with Crippen molar-refractivity contribution in [2.45, 2.75) is 205 Å². The zero-order valence-electron chi connectivity index (χ0n) is 38.1. The molecule has 4 N–H and O–H groups in total. The second-order valence-electron chi connectivity index (χ2n) is 15.9. The highest BCUT2D eigenvalue weighted by atomic mass is 16.7. The van der Waals surface area contributed by atoms with Crippen LogP contribution in [0.25, 0.3) is 0 Å². The van der Waals surface area contributed by atoms with Crippen LogP contribution in [0.4, 0.5) is 0 Å². The van der Waals surface area contributed by atoms with E-state index >= 15 is 0 Å². The van der Waals surface area contributed by atoms with Crippen molar-refractivity contribution in [3.8, 4) is 0 Å². The van der Waals surface area contributed by atoms with Crippen molar-refractivity contribution in [2.24, 2.45) is 0 Å². The molecule has 1 saturated heterocycles. The number of esters is 2. The standard InChI is InChI=1S/C51H82O11/c1-3-5-7-9-11-13-15-17-19-21-22-24-25-27-29-31-33-35-37-39-44(52)59-41-43(42-60-51-48(56)46(54)47(55)49(62-51)50(57)58)61-45(53)40-38-36-34-32-30-28-26-23-20-18-16-14-12-10-8-6-4-2/h5,7,11,13,17-20,22,24,27,29,33,35,43,46-49,51,54-56H,3-4,6,8-10,12,14-16,21,23,25-26,28,30-32,34,36-42H2,1-2H3,(H,57,58)/b7-5-,13-11-,19-17-,20-18-,24-22-,29-27-,35-33-. The summed E-state index contributed by atoms with van der Waals surface area (Å²) in [7, 11) is 0. The Morgan fingerprint density at radius 2 is 0.984 bits per heavy atom. The monoisotopic (exact) mass is 871 g/mol. The van der Waals surface area contributed by atoms with Gasteiger partial charge in [0, 0.05) is 12.8 Å². The highest BCUT2D eigenvalue weighted by Gasteiger charge is 2.47. The van der Waals surface area contributed by atoms with Crippen LogP contribution in [0.3, 0.4) is 0 Å². The molecule has 1 rings (SSSR count). The zero-order valence-corrected chi connectivity index (χ0v) is 38.1. The number of unbranched alkanes of at least 4 members (excludes halogenated alkanes) is 13. The summed E-state index contributed by atoms with van der Waals surface area (Å²) < 4.78 is 21.7. The van der Waals surface area contributed by atoms with Gasteiger partial charge >= 0.3 is 17.9 Å². The Morgan fingerprint density at radius 3 is 1.50 bits per heavy atom. The Hall–Kier alpha value is -3.61. The normalized spacial score (nSPS) is 20.3. The summed E-state index contributed by atoms with van der Waals surface area (Å²) >= 11 is 0. The van der Waals surface area contributed by atoms with E-state index in [1.165, 1.54) is 57.8 Å². The highest BCUT2D eigenvalue weighted by Crippen LogP contribution is 2.23. The molecule has 1 aliphatic heterocycles. The second-order valence-corrected chi connectivity index (χ2v) is 15.9. The van der Waals surface area contributed by atoms with E-state index in [0.717, 1.165) is 70.6 Å². The first-order valence-corrected chi connectivity index (χ1v) is 23.6. The van der Waals surface area contributed by atoms with Crippen molar-refractivity contribution in [1.29, 1.82) is 0 Å². The SMILES string of the molecule is CC/C=C\C/C=C\C/C=C\C/C=C\C/C=C\C/C=C\CCC(=O)OCC(COC1OC(C(=O)O)C(O)C(O)C1O)OC(=O)CCCCCCCCC/C=C\CCCCCCCC. The lowest BCUT2D eigenvalue weighted by atomic mass is 9.99. The molecule has 0 aromatic carbocycles. The molecular formula is C51H82O11. The Kier molecular flexibility index (Phi) is 36.6. The van der Waals surface area contributed by atoms with Crippen molar-refractivity contribution in [2.75, 3.05) is 13.2 Å². The fourth-order valence-electron chi connectivity index (χ4n) is 6.55. The smallest absolute Gasteiger partial charge is 0.335 e. The van der Waals surface area contributed by atoms with Crippen molar-refractivity contribution >= 4 is 17.9 Å². The van der Waals surface area contributed by atoms with Crippen LogP contribution in [0.15, 0.2) is 85.1 Å². The average molecular weight is 871 g/mol. The zero-order chi connectivity index (χ0) is 45.3. The minimum Gasteiger partial charge on any atom is -0.479 e. The van der Waals surface area contributed by atoms with Crippen LogP contribution >= 0.6 is 0 Å². The summed E-state index contributed by atoms with van der Waals surface area (Å²) in [5, 5.41) is 39.9. The third-order valence-corrected chi connectivity index (χ3v) is 10.2. The molecule has 352 valence electrons. The van der Waals surface area contributed by atoms with Gasteiger partial charge < -0.3 is 39.4 Å². The molecule has 6 atom stereocenters.